The topological polar surface area (TPSA) is 101 Å². The van der Waals surface area contributed by atoms with Crippen molar-refractivity contribution in [2.75, 3.05) is 18.4 Å². The van der Waals surface area contributed by atoms with Crippen molar-refractivity contribution in [3.05, 3.63) is 46.4 Å². The number of carbonyl (C=O) groups excluding carboxylic acids is 1. The van der Waals surface area contributed by atoms with E-state index in [0.29, 0.717) is 23.9 Å². The molecular weight excluding hydrogens is 306 g/mol. The maximum Gasteiger partial charge on any atom is 0.345 e. The van der Waals surface area contributed by atoms with Crippen molar-refractivity contribution in [1.82, 2.24) is 14.9 Å². The molecule has 1 N–H and O–H groups in total. The molecule has 0 spiro atoms. The van der Waals surface area contributed by atoms with E-state index in [2.05, 4.69) is 15.3 Å². The molecule has 3 rings (SSSR count). The van der Waals surface area contributed by atoms with Gasteiger partial charge in [0.1, 0.15) is 11.9 Å². The Morgan fingerprint density at radius 2 is 2.32 bits per heavy atom. The highest BCUT2D eigenvalue weighted by atomic mass is 32.1. The van der Waals surface area contributed by atoms with Gasteiger partial charge in [0.15, 0.2) is 5.13 Å². The average Bonchev–Trinajstić information content (AvgIpc) is 3.17. The highest BCUT2D eigenvalue weighted by Gasteiger charge is 2.28. The molecular formula is C13H13N5O3S. The minimum atomic E-state index is -0.464. The van der Waals surface area contributed by atoms with Crippen LogP contribution in [0.1, 0.15) is 16.9 Å². The normalized spacial score (nSPS) is 17.5. The number of amides is 1. The predicted molar refractivity (Wildman–Crippen MR) is 80.9 cm³/mol. The lowest BCUT2D eigenvalue weighted by molar-refractivity contribution is -0.380. The molecule has 2 aromatic heterocycles. The quantitative estimate of drug-likeness (QED) is 0.681. The van der Waals surface area contributed by atoms with Crippen LogP contribution in [-0.2, 0) is 0 Å². The average molecular weight is 319 g/mol. The third-order valence-corrected chi connectivity index (χ3v) is 4.24. The van der Waals surface area contributed by atoms with Gasteiger partial charge < -0.3 is 10.2 Å². The molecule has 22 heavy (non-hydrogen) atoms. The molecule has 0 unspecified atom stereocenters. The van der Waals surface area contributed by atoms with Gasteiger partial charge in [-0.2, -0.15) is 0 Å². The predicted octanol–water partition coefficient (Wildman–Crippen LogP) is 1.77. The van der Waals surface area contributed by atoms with Crippen LogP contribution in [0.15, 0.2) is 30.6 Å². The number of likely N-dealkylation sites (tertiary alicyclic amines) is 1. The summed E-state index contributed by atoms with van der Waals surface area (Å²) in [5.74, 6) is -0.102. The number of nitro groups is 1. The van der Waals surface area contributed by atoms with Crippen LogP contribution in [0.2, 0.25) is 0 Å². The Bertz CT molecular complexity index is 690. The van der Waals surface area contributed by atoms with Gasteiger partial charge in [-0.25, -0.2) is 4.98 Å². The second-order valence-electron chi connectivity index (χ2n) is 4.86. The van der Waals surface area contributed by atoms with Crippen molar-refractivity contribution in [2.45, 2.75) is 12.5 Å². The summed E-state index contributed by atoms with van der Waals surface area (Å²) < 4.78 is 0. The first-order valence-electron chi connectivity index (χ1n) is 6.70. The smallest absolute Gasteiger partial charge is 0.345 e. The van der Waals surface area contributed by atoms with E-state index in [1.165, 1.54) is 6.20 Å². The second-order valence-corrected chi connectivity index (χ2v) is 5.87. The molecule has 0 radical (unpaired) electrons. The van der Waals surface area contributed by atoms with Crippen molar-refractivity contribution in [1.29, 1.82) is 0 Å². The molecule has 0 aliphatic carbocycles. The van der Waals surface area contributed by atoms with Gasteiger partial charge in [-0.1, -0.05) is 6.07 Å². The number of nitrogens with one attached hydrogen (secondary N) is 1. The fraction of sp³-hybridized carbons (Fsp3) is 0.308. The maximum absolute atomic E-state index is 12.3. The summed E-state index contributed by atoms with van der Waals surface area (Å²) in [6, 6.07) is 5.27. The van der Waals surface area contributed by atoms with Crippen molar-refractivity contribution in [3.8, 4) is 0 Å². The van der Waals surface area contributed by atoms with E-state index in [4.69, 9.17) is 0 Å². The number of hydrogen-bond acceptors (Lipinski definition) is 7. The van der Waals surface area contributed by atoms with Gasteiger partial charge in [-0.3, -0.25) is 19.9 Å². The van der Waals surface area contributed by atoms with Gasteiger partial charge in [0.05, 0.1) is 4.92 Å². The number of thiazole rings is 1. The third-order valence-electron chi connectivity index (χ3n) is 3.36. The Kier molecular flexibility index (Phi) is 3.96. The summed E-state index contributed by atoms with van der Waals surface area (Å²) in [4.78, 5) is 32.2. The van der Waals surface area contributed by atoms with Crippen LogP contribution in [0.4, 0.5) is 10.1 Å². The molecule has 1 amide bonds. The van der Waals surface area contributed by atoms with Crippen LogP contribution >= 0.6 is 11.3 Å². The van der Waals surface area contributed by atoms with Gasteiger partial charge in [0.25, 0.3) is 5.91 Å². The number of pyridine rings is 1. The maximum atomic E-state index is 12.3. The fourth-order valence-corrected chi connectivity index (χ4v) is 3.01. The highest BCUT2D eigenvalue weighted by Crippen LogP contribution is 2.27. The zero-order valence-corrected chi connectivity index (χ0v) is 12.3. The van der Waals surface area contributed by atoms with Crippen molar-refractivity contribution in [2.24, 2.45) is 0 Å². The Hall–Kier alpha value is -2.55. The summed E-state index contributed by atoms with van der Waals surface area (Å²) in [5, 5.41) is 14.3. The lowest BCUT2D eigenvalue weighted by atomic mass is 10.3. The minimum absolute atomic E-state index is 0.00177. The zero-order valence-electron chi connectivity index (χ0n) is 11.5. The third kappa shape index (κ3) is 3.03. The lowest BCUT2D eigenvalue weighted by Gasteiger charge is -2.16. The highest BCUT2D eigenvalue weighted by molar-refractivity contribution is 7.18. The van der Waals surface area contributed by atoms with E-state index in [1.54, 1.807) is 29.3 Å². The number of nitrogens with zero attached hydrogens (tertiary/aromatic N) is 4. The summed E-state index contributed by atoms with van der Waals surface area (Å²) in [6.07, 6.45) is 3.60. The van der Waals surface area contributed by atoms with Crippen LogP contribution in [0.3, 0.4) is 0 Å². The second kappa shape index (κ2) is 6.06. The summed E-state index contributed by atoms with van der Waals surface area (Å²) in [7, 11) is 0. The van der Waals surface area contributed by atoms with E-state index in [0.717, 1.165) is 17.8 Å². The molecule has 9 heteroatoms. The van der Waals surface area contributed by atoms with Gasteiger partial charge in [0.2, 0.25) is 0 Å². The van der Waals surface area contributed by atoms with E-state index in [9.17, 15) is 14.9 Å². The first kappa shape index (κ1) is 14.4. The molecule has 0 aromatic carbocycles. The molecule has 0 saturated carbocycles. The van der Waals surface area contributed by atoms with Gasteiger partial charge in [0, 0.05) is 25.3 Å². The Morgan fingerprint density at radius 3 is 3.00 bits per heavy atom. The molecule has 1 aliphatic rings. The first-order valence-corrected chi connectivity index (χ1v) is 7.52. The molecule has 1 saturated heterocycles. The SMILES string of the molecule is O=C(c1ccccn1)N1CC[C@@H](Nc2ncc([N+](=O)[O-])s2)C1. The zero-order chi connectivity index (χ0) is 15.5. The molecule has 1 aliphatic heterocycles. The minimum Gasteiger partial charge on any atom is -0.357 e. The van der Waals surface area contributed by atoms with E-state index < -0.39 is 4.92 Å². The van der Waals surface area contributed by atoms with Crippen LogP contribution in [0.5, 0.6) is 0 Å². The standard InChI is InChI=1S/C13H13N5O3S/c19-12(10-3-1-2-5-14-10)17-6-4-9(8-17)16-13-15-7-11(22-13)18(20)21/h1-3,5,7,9H,4,6,8H2,(H,15,16)/t9-/m1/s1. The van der Waals surface area contributed by atoms with Crippen molar-refractivity contribution >= 4 is 27.4 Å². The summed E-state index contributed by atoms with van der Waals surface area (Å²) >= 11 is 0.997. The fourth-order valence-electron chi connectivity index (χ4n) is 2.31. The first-order chi connectivity index (χ1) is 10.6. The van der Waals surface area contributed by atoms with Crippen LogP contribution in [-0.4, -0.2) is 44.8 Å². The molecule has 114 valence electrons. The van der Waals surface area contributed by atoms with Gasteiger partial charge in [-0.15, -0.1) is 0 Å². The number of rotatable bonds is 4. The Balaban J connectivity index is 1.60. The number of hydrogen-bond donors (Lipinski definition) is 1. The van der Waals surface area contributed by atoms with Crippen LogP contribution in [0, 0.1) is 10.1 Å². The molecule has 0 bridgehead atoms. The molecule has 3 heterocycles. The molecule has 1 fully saturated rings. The number of aromatic nitrogens is 2. The Morgan fingerprint density at radius 1 is 1.45 bits per heavy atom. The summed E-state index contributed by atoms with van der Waals surface area (Å²) in [5.41, 5.74) is 0.424. The number of carbonyl (C=O) groups is 1. The molecule has 1 atom stereocenters. The van der Waals surface area contributed by atoms with Crippen molar-refractivity contribution < 1.29 is 9.72 Å². The van der Waals surface area contributed by atoms with E-state index in [-0.39, 0.29) is 17.0 Å². The largest absolute Gasteiger partial charge is 0.357 e. The van der Waals surface area contributed by atoms with Crippen molar-refractivity contribution in [3.63, 3.8) is 0 Å². The lowest BCUT2D eigenvalue weighted by Crippen LogP contribution is -2.32. The molecule has 2 aromatic rings. The Labute approximate surface area is 130 Å². The van der Waals surface area contributed by atoms with Crippen LogP contribution < -0.4 is 5.32 Å². The van der Waals surface area contributed by atoms with Crippen LogP contribution in [0.25, 0.3) is 0 Å². The molecule has 8 nitrogen and oxygen atoms in total. The monoisotopic (exact) mass is 319 g/mol. The van der Waals surface area contributed by atoms with Gasteiger partial charge in [-0.05, 0) is 29.9 Å². The summed E-state index contributed by atoms with van der Waals surface area (Å²) in [6.45, 7) is 1.16. The van der Waals surface area contributed by atoms with Gasteiger partial charge >= 0.3 is 5.00 Å². The van der Waals surface area contributed by atoms with E-state index in [1.807, 2.05) is 0 Å². The number of anilines is 1. The van der Waals surface area contributed by atoms with E-state index >= 15 is 0 Å².